The standard InChI is InChI=1S/C16H16N4O2S/c1-9-7-10(8-13-14(9)19-16(20-17)23-13)18-15(21)11-5-3-4-6-12(11)22-2/h3-8H,17H2,1-2H3,(H,18,21)(H,19,20). The molecule has 0 bridgehead atoms. The first-order chi connectivity index (χ1) is 11.1. The molecule has 3 rings (SSSR count). The highest BCUT2D eigenvalue weighted by Gasteiger charge is 2.13. The number of nitrogens with two attached hydrogens (primary N) is 1. The van der Waals surface area contributed by atoms with Crippen LogP contribution in [0.4, 0.5) is 10.8 Å². The minimum Gasteiger partial charge on any atom is -0.496 e. The summed E-state index contributed by atoms with van der Waals surface area (Å²) >= 11 is 1.43. The Labute approximate surface area is 137 Å². The Balaban J connectivity index is 1.93. The van der Waals surface area contributed by atoms with Gasteiger partial charge in [-0.25, -0.2) is 10.8 Å². The van der Waals surface area contributed by atoms with Crippen LogP contribution in [0.15, 0.2) is 36.4 Å². The van der Waals surface area contributed by atoms with E-state index in [1.54, 1.807) is 25.3 Å². The van der Waals surface area contributed by atoms with Crippen LogP contribution in [0.5, 0.6) is 5.75 Å². The van der Waals surface area contributed by atoms with E-state index < -0.39 is 0 Å². The van der Waals surface area contributed by atoms with Gasteiger partial charge in [-0.3, -0.25) is 10.2 Å². The number of nitrogens with zero attached hydrogens (tertiary/aromatic N) is 1. The monoisotopic (exact) mass is 328 g/mol. The smallest absolute Gasteiger partial charge is 0.259 e. The quantitative estimate of drug-likeness (QED) is 0.506. The molecule has 1 heterocycles. The van der Waals surface area contributed by atoms with E-state index in [2.05, 4.69) is 15.7 Å². The van der Waals surface area contributed by atoms with E-state index in [-0.39, 0.29) is 5.91 Å². The Morgan fingerprint density at radius 1 is 1.30 bits per heavy atom. The minimum absolute atomic E-state index is 0.220. The van der Waals surface area contributed by atoms with Crippen molar-refractivity contribution in [2.24, 2.45) is 5.84 Å². The summed E-state index contributed by atoms with van der Waals surface area (Å²) in [6, 6.07) is 10.9. The number of carbonyl (C=O) groups is 1. The van der Waals surface area contributed by atoms with Gasteiger partial charge < -0.3 is 10.1 Å². The Morgan fingerprint density at radius 3 is 2.83 bits per heavy atom. The molecule has 1 aromatic heterocycles. The molecule has 3 aromatic rings. The number of benzene rings is 2. The van der Waals surface area contributed by atoms with Crippen molar-refractivity contribution in [2.45, 2.75) is 6.92 Å². The highest BCUT2D eigenvalue weighted by atomic mass is 32.1. The molecule has 4 N–H and O–H groups in total. The summed E-state index contributed by atoms with van der Waals surface area (Å²) in [4.78, 5) is 16.9. The van der Waals surface area contributed by atoms with Crippen LogP contribution in [0.2, 0.25) is 0 Å². The molecule has 0 atom stereocenters. The van der Waals surface area contributed by atoms with Gasteiger partial charge >= 0.3 is 0 Å². The van der Waals surface area contributed by atoms with Gasteiger partial charge in [0.1, 0.15) is 5.75 Å². The van der Waals surface area contributed by atoms with Crippen LogP contribution in [0, 0.1) is 6.92 Å². The summed E-state index contributed by atoms with van der Waals surface area (Å²) in [5, 5.41) is 3.54. The highest BCUT2D eigenvalue weighted by Crippen LogP contribution is 2.31. The van der Waals surface area contributed by atoms with Crippen molar-refractivity contribution in [3.05, 3.63) is 47.5 Å². The van der Waals surface area contributed by atoms with Crippen molar-refractivity contribution in [3.63, 3.8) is 0 Å². The second-order valence-corrected chi connectivity index (χ2v) is 5.99. The number of anilines is 2. The summed E-state index contributed by atoms with van der Waals surface area (Å²) in [7, 11) is 1.54. The second kappa shape index (κ2) is 6.23. The van der Waals surface area contributed by atoms with Crippen LogP contribution in [0.25, 0.3) is 10.2 Å². The van der Waals surface area contributed by atoms with E-state index in [0.717, 1.165) is 15.8 Å². The average Bonchev–Trinajstić information content (AvgIpc) is 2.98. The van der Waals surface area contributed by atoms with Crippen molar-refractivity contribution in [2.75, 3.05) is 17.9 Å². The topological polar surface area (TPSA) is 89.3 Å². The fourth-order valence-electron chi connectivity index (χ4n) is 2.36. The van der Waals surface area contributed by atoms with Crippen LogP contribution in [-0.4, -0.2) is 18.0 Å². The van der Waals surface area contributed by atoms with Crippen LogP contribution in [0.3, 0.4) is 0 Å². The maximum absolute atomic E-state index is 12.5. The minimum atomic E-state index is -0.220. The molecule has 0 spiro atoms. The first-order valence-electron chi connectivity index (χ1n) is 6.94. The van der Waals surface area contributed by atoms with E-state index >= 15 is 0 Å². The number of rotatable bonds is 4. The van der Waals surface area contributed by atoms with Gasteiger partial charge in [-0.2, -0.15) is 0 Å². The number of hydrogen-bond acceptors (Lipinski definition) is 6. The van der Waals surface area contributed by atoms with Crippen molar-refractivity contribution in [1.29, 1.82) is 0 Å². The molecule has 0 unspecified atom stereocenters. The van der Waals surface area contributed by atoms with E-state index in [9.17, 15) is 4.79 Å². The zero-order valence-electron chi connectivity index (χ0n) is 12.7. The number of methoxy groups -OCH3 is 1. The maximum atomic E-state index is 12.5. The zero-order chi connectivity index (χ0) is 16.4. The molecule has 0 saturated carbocycles. The van der Waals surface area contributed by atoms with Gasteiger partial charge in [0, 0.05) is 5.69 Å². The first-order valence-corrected chi connectivity index (χ1v) is 7.76. The number of thiazole rings is 1. The lowest BCUT2D eigenvalue weighted by Gasteiger charge is -2.09. The van der Waals surface area contributed by atoms with Gasteiger partial charge in [0.25, 0.3) is 5.91 Å². The van der Waals surface area contributed by atoms with Crippen molar-refractivity contribution in [3.8, 4) is 5.75 Å². The van der Waals surface area contributed by atoms with Crippen LogP contribution >= 0.6 is 11.3 Å². The number of amides is 1. The van der Waals surface area contributed by atoms with E-state index in [1.165, 1.54) is 11.3 Å². The molecule has 0 saturated heterocycles. The van der Waals surface area contributed by atoms with Crippen LogP contribution in [-0.2, 0) is 0 Å². The molecule has 0 aliphatic rings. The van der Waals surface area contributed by atoms with Crippen molar-refractivity contribution in [1.82, 2.24) is 4.98 Å². The first kappa shape index (κ1) is 15.3. The van der Waals surface area contributed by atoms with Gasteiger partial charge in [0.15, 0.2) is 5.13 Å². The fraction of sp³-hybridized carbons (Fsp3) is 0.125. The molecule has 2 aromatic carbocycles. The summed E-state index contributed by atoms with van der Waals surface area (Å²) in [5.41, 5.74) is 5.58. The third kappa shape index (κ3) is 2.96. The molecule has 7 heteroatoms. The number of hydrogen-bond donors (Lipinski definition) is 3. The Kier molecular flexibility index (Phi) is 4.14. The van der Waals surface area contributed by atoms with E-state index in [4.69, 9.17) is 10.6 Å². The van der Waals surface area contributed by atoms with Crippen LogP contribution < -0.4 is 21.3 Å². The molecular weight excluding hydrogens is 312 g/mol. The predicted octanol–water partition coefficient (Wildman–Crippen LogP) is 3.15. The third-order valence-electron chi connectivity index (χ3n) is 3.42. The second-order valence-electron chi connectivity index (χ2n) is 4.96. The molecule has 1 amide bonds. The number of aryl methyl sites for hydroxylation is 1. The third-order valence-corrected chi connectivity index (χ3v) is 4.35. The summed E-state index contributed by atoms with van der Waals surface area (Å²) in [6.45, 7) is 1.95. The average molecular weight is 328 g/mol. The van der Waals surface area contributed by atoms with Gasteiger partial charge in [0.2, 0.25) is 0 Å². The Bertz CT molecular complexity index is 876. The Morgan fingerprint density at radius 2 is 2.09 bits per heavy atom. The molecule has 0 radical (unpaired) electrons. The lowest BCUT2D eigenvalue weighted by atomic mass is 10.1. The predicted molar refractivity (Wildman–Crippen MR) is 93.1 cm³/mol. The largest absolute Gasteiger partial charge is 0.496 e. The molecule has 0 fully saturated rings. The number of nitrogens with one attached hydrogen (secondary N) is 2. The maximum Gasteiger partial charge on any atom is 0.259 e. The normalized spacial score (nSPS) is 10.6. The van der Waals surface area contributed by atoms with Crippen LogP contribution in [0.1, 0.15) is 15.9 Å². The molecule has 23 heavy (non-hydrogen) atoms. The molecule has 0 aliphatic carbocycles. The summed E-state index contributed by atoms with van der Waals surface area (Å²) < 4.78 is 6.18. The van der Waals surface area contributed by atoms with Gasteiger partial charge in [-0.15, -0.1) is 0 Å². The molecule has 118 valence electrons. The SMILES string of the molecule is COc1ccccc1C(=O)Nc1cc(C)c2nc(NN)sc2c1. The van der Waals surface area contributed by atoms with Gasteiger partial charge in [0.05, 0.1) is 22.9 Å². The zero-order valence-corrected chi connectivity index (χ0v) is 13.5. The number of hydrazine groups is 1. The molecular formula is C16H16N4O2S. The van der Waals surface area contributed by atoms with Gasteiger partial charge in [-0.1, -0.05) is 23.5 Å². The summed E-state index contributed by atoms with van der Waals surface area (Å²) in [6.07, 6.45) is 0. The fourth-order valence-corrected chi connectivity index (χ4v) is 3.25. The van der Waals surface area contributed by atoms with E-state index in [1.807, 2.05) is 25.1 Å². The Hall–Kier alpha value is -2.64. The van der Waals surface area contributed by atoms with Gasteiger partial charge in [-0.05, 0) is 36.8 Å². The molecule has 0 aliphatic heterocycles. The number of fused-ring (bicyclic) bond motifs is 1. The highest BCUT2D eigenvalue weighted by molar-refractivity contribution is 7.22. The summed E-state index contributed by atoms with van der Waals surface area (Å²) in [5.74, 6) is 5.72. The van der Waals surface area contributed by atoms with Crippen molar-refractivity contribution < 1.29 is 9.53 Å². The number of para-hydroxylation sites is 1. The number of nitrogen functional groups attached to an aromatic ring is 1. The number of aromatic nitrogens is 1. The van der Waals surface area contributed by atoms with E-state index in [0.29, 0.717) is 22.1 Å². The van der Waals surface area contributed by atoms with Crippen molar-refractivity contribution >= 4 is 38.3 Å². The lowest BCUT2D eigenvalue weighted by Crippen LogP contribution is -2.13. The lowest BCUT2D eigenvalue weighted by molar-refractivity contribution is 0.102. The number of ether oxygens (including phenoxy) is 1. The number of carbonyl (C=O) groups excluding carboxylic acids is 1. The molecule has 6 nitrogen and oxygen atoms in total.